The Balaban J connectivity index is 1.96. The topological polar surface area (TPSA) is 102 Å². The highest BCUT2D eigenvalue weighted by Gasteiger charge is 2.44. The molecule has 1 aliphatic rings. The standard InChI is InChI=1S/C17H16Cl4N2O6/c1-17(2,3)28-16(27)22-6-4-5-7(24)29-23-14(25)8-9(15(23)26)11(19)13(21)12(20)10(8)18/h4-6H2,1-3H3,(H,22,27). The molecule has 0 saturated heterocycles. The molecule has 8 nitrogen and oxygen atoms in total. The quantitative estimate of drug-likeness (QED) is 0.281. The van der Waals surface area contributed by atoms with Crippen LogP contribution in [0.25, 0.3) is 0 Å². The first-order valence-corrected chi connectivity index (χ1v) is 9.78. The van der Waals surface area contributed by atoms with E-state index in [1.54, 1.807) is 20.8 Å². The summed E-state index contributed by atoms with van der Waals surface area (Å²) in [6.45, 7) is 5.26. The fourth-order valence-electron chi connectivity index (χ4n) is 2.30. The molecule has 158 valence electrons. The van der Waals surface area contributed by atoms with E-state index in [1.165, 1.54) is 0 Å². The number of hydrogen-bond donors (Lipinski definition) is 1. The Morgan fingerprint density at radius 1 is 0.931 bits per heavy atom. The van der Waals surface area contributed by atoms with Gasteiger partial charge >= 0.3 is 12.1 Å². The molecule has 29 heavy (non-hydrogen) atoms. The van der Waals surface area contributed by atoms with Crippen molar-refractivity contribution in [2.75, 3.05) is 6.54 Å². The number of hydroxylamine groups is 2. The van der Waals surface area contributed by atoms with Gasteiger partial charge in [-0.25, -0.2) is 9.59 Å². The summed E-state index contributed by atoms with van der Waals surface area (Å²) in [4.78, 5) is 53.2. The molecule has 1 heterocycles. The van der Waals surface area contributed by atoms with Gasteiger partial charge in [-0.05, 0) is 27.2 Å². The lowest BCUT2D eigenvalue weighted by molar-refractivity contribution is -0.168. The minimum absolute atomic E-state index is 0.120. The maximum absolute atomic E-state index is 12.4. The van der Waals surface area contributed by atoms with E-state index in [9.17, 15) is 19.2 Å². The van der Waals surface area contributed by atoms with Crippen molar-refractivity contribution in [1.29, 1.82) is 0 Å². The molecule has 0 aromatic heterocycles. The summed E-state index contributed by atoms with van der Waals surface area (Å²) < 4.78 is 5.05. The molecule has 1 N–H and O–H groups in total. The van der Waals surface area contributed by atoms with Crippen molar-refractivity contribution in [3.05, 3.63) is 31.2 Å². The zero-order chi connectivity index (χ0) is 22.1. The maximum atomic E-state index is 12.4. The van der Waals surface area contributed by atoms with Gasteiger partial charge < -0.3 is 14.9 Å². The van der Waals surface area contributed by atoms with Crippen LogP contribution < -0.4 is 5.32 Å². The first-order chi connectivity index (χ1) is 13.3. The fourth-order valence-corrected chi connectivity index (χ4v) is 3.31. The van der Waals surface area contributed by atoms with E-state index in [-0.39, 0.29) is 55.7 Å². The minimum Gasteiger partial charge on any atom is -0.444 e. The molecule has 1 aromatic rings. The monoisotopic (exact) mass is 484 g/mol. The van der Waals surface area contributed by atoms with Gasteiger partial charge in [-0.3, -0.25) is 9.59 Å². The van der Waals surface area contributed by atoms with Crippen molar-refractivity contribution in [3.63, 3.8) is 0 Å². The Morgan fingerprint density at radius 2 is 1.41 bits per heavy atom. The second kappa shape index (κ2) is 8.95. The molecule has 0 aliphatic carbocycles. The number of nitrogens with zero attached hydrogens (tertiary/aromatic N) is 1. The molecule has 0 fully saturated rings. The highest BCUT2D eigenvalue weighted by molar-refractivity contribution is 6.55. The number of nitrogens with one attached hydrogen (secondary N) is 1. The zero-order valence-electron chi connectivity index (χ0n) is 15.5. The van der Waals surface area contributed by atoms with E-state index in [2.05, 4.69) is 5.32 Å². The molecule has 0 unspecified atom stereocenters. The van der Waals surface area contributed by atoms with Gasteiger partial charge in [0.2, 0.25) is 0 Å². The van der Waals surface area contributed by atoms with E-state index >= 15 is 0 Å². The normalized spacial score (nSPS) is 13.4. The minimum atomic E-state index is -0.990. The van der Waals surface area contributed by atoms with Crippen LogP contribution in [0.15, 0.2) is 0 Å². The zero-order valence-corrected chi connectivity index (χ0v) is 18.6. The number of alkyl carbamates (subject to hydrolysis) is 1. The van der Waals surface area contributed by atoms with Crippen LogP contribution >= 0.6 is 46.4 Å². The lowest BCUT2D eigenvalue weighted by Gasteiger charge is -2.19. The van der Waals surface area contributed by atoms with Gasteiger partial charge in [-0.2, -0.15) is 0 Å². The van der Waals surface area contributed by atoms with Gasteiger partial charge in [0.15, 0.2) is 0 Å². The number of fused-ring (bicyclic) bond motifs is 1. The fraction of sp³-hybridized carbons (Fsp3) is 0.412. The Kier molecular flexibility index (Phi) is 7.27. The Bertz CT molecular complexity index is 850. The maximum Gasteiger partial charge on any atom is 0.407 e. The van der Waals surface area contributed by atoms with Crippen LogP contribution in [-0.2, 0) is 14.4 Å². The van der Waals surface area contributed by atoms with Crippen molar-refractivity contribution in [3.8, 4) is 0 Å². The average molecular weight is 486 g/mol. The number of imide groups is 1. The van der Waals surface area contributed by atoms with Crippen LogP contribution in [0.3, 0.4) is 0 Å². The van der Waals surface area contributed by atoms with E-state index in [0.717, 1.165) is 0 Å². The molecular weight excluding hydrogens is 470 g/mol. The molecule has 0 bridgehead atoms. The largest absolute Gasteiger partial charge is 0.444 e. The number of rotatable bonds is 5. The predicted octanol–water partition coefficient (Wildman–Crippen LogP) is 4.66. The van der Waals surface area contributed by atoms with Crippen LogP contribution in [0.2, 0.25) is 20.1 Å². The van der Waals surface area contributed by atoms with Gasteiger partial charge in [0.05, 0.1) is 31.2 Å². The van der Waals surface area contributed by atoms with Crippen LogP contribution in [0.1, 0.15) is 54.3 Å². The molecule has 12 heteroatoms. The van der Waals surface area contributed by atoms with Gasteiger partial charge in [-0.15, -0.1) is 0 Å². The molecule has 3 amide bonds. The molecular formula is C17H16Cl4N2O6. The lowest BCUT2D eigenvalue weighted by atomic mass is 10.1. The molecule has 1 aliphatic heterocycles. The number of benzene rings is 1. The second-order valence-electron chi connectivity index (χ2n) is 6.91. The Morgan fingerprint density at radius 3 is 1.86 bits per heavy atom. The summed E-state index contributed by atoms with van der Waals surface area (Å²) in [6, 6.07) is 0. The highest BCUT2D eigenvalue weighted by atomic mass is 35.5. The molecule has 2 rings (SSSR count). The number of amides is 3. The summed E-state index contributed by atoms with van der Waals surface area (Å²) in [5.74, 6) is -2.86. The summed E-state index contributed by atoms with van der Waals surface area (Å²) in [6.07, 6.45) is -0.642. The van der Waals surface area contributed by atoms with Crippen LogP contribution in [0, 0.1) is 0 Å². The molecule has 0 atom stereocenters. The van der Waals surface area contributed by atoms with Crippen molar-refractivity contribution in [2.45, 2.75) is 39.2 Å². The van der Waals surface area contributed by atoms with E-state index < -0.39 is 29.5 Å². The van der Waals surface area contributed by atoms with Gasteiger partial charge in [0.1, 0.15) is 5.60 Å². The van der Waals surface area contributed by atoms with E-state index in [0.29, 0.717) is 0 Å². The van der Waals surface area contributed by atoms with Gasteiger partial charge in [-0.1, -0.05) is 51.5 Å². The van der Waals surface area contributed by atoms with Crippen LogP contribution in [0.5, 0.6) is 0 Å². The molecule has 1 aromatic carbocycles. The van der Waals surface area contributed by atoms with Gasteiger partial charge in [0, 0.05) is 13.0 Å². The first kappa shape index (κ1) is 23.5. The smallest absolute Gasteiger partial charge is 0.407 e. The van der Waals surface area contributed by atoms with Crippen molar-refractivity contribution in [1.82, 2.24) is 10.4 Å². The summed E-state index contributed by atoms with van der Waals surface area (Å²) >= 11 is 23.8. The average Bonchev–Trinajstić information content (AvgIpc) is 2.85. The predicted molar refractivity (Wildman–Crippen MR) is 107 cm³/mol. The third-order valence-electron chi connectivity index (χ3n) is 3.48. The first-order valence-electron chi connectivity index (χ1n) is 8.27. The van der Waals surface area contributed by atoms with Gasteiger partial charge in [0.25, 0.3) is 11.8 Å². The summed E-state index contributed by atoms with van der Waals surface area (Å²) in [5.41, 5.74) is -1.24. The highest BCUT2D eigenvalue weighted by Crippen LogP contribution is 2.44. The van der Waals surface area contributed by atoms with Crippen molar-refractivity contribution >= 4 is 70.3 Å². The van der Waals surface area contributed by atoms with Crippen molar-refractivity contribution < 1.29 is 28.8 Å². The van der Waals surface area contributed by atoms with E-state index in [1.807, 2.05) is 0 Å². The van der Waals surface area contributed by atoms with Crippen LogP contribution in [-0.4, -0.2) is 41.1 Å². The van der Waals surface area contributed by atoms with Crippen LogP contribution in [0.4, 0.5) is 4.79 Å². The summed E-state index contributed by atoms with van der Waals surface area (Å²) in [7, 11) is 0. The third-order valence-corrected chi connectivity index (χ3v) is 5.28. The third kappa shape index (κ3) is 5.25. The number of halogens is 4. The number of hydrogen-bond acceptors (Lipinski definition) is 6. The van der Waals surface area contributed by atoms with Crippen molar-refractivity contribution in [2.24, 2.45) is 0 Å². The number of carbonyl (C=O) groups excluding carboxylic acids is 4. The molecule has 0 spiro atoms. The SMILES string of the molecule is CC(C)(C)OC(=O)NCCCC(=O)ON1C(=O)c2c(Cl)c(Cl)c(Cl)c(Cl)c2C1=O. The van der Waals surface area contributed by atoms with E-state index in [4.69, 9.17) is 56.0 Å². The Labute approximate surface area is 186 Å². The summed E-state index contributed by atoms with van der Waals surface area (Å²) in [5, 5.41) is 1.79. The number of ether oxygens (including phenoxy) is 1. The molecule has 0 saturated carbocycles. The lowest BCUT2D eigenvalue weighted by Crippen LogP contribution is -2.34. The molecule has 0 radical (unpaired) electrons. The Hall–Kier alpha value is -1.74. The second-order valence-corrected chi connectivity index (χ2v) is 8.42. The number of carbonyl (C=O) groups is 4.